The summed E-state index contributed by atoms with van der Waals surface area (Å²) in [6, 6.07) is 19.2. The molecule has 0 saturated carbocycles. The zero-order valence-corrected chi connectivity index (χ0v) is 12.8. The Morgan fingerprint density at radius 2 is 1.61 bits per heavy atom. The molecule has 116 valence electrons. The van der Waals surface area contributed by atoms with Crippen molar-refractivity contribution in [1.82, 2.24) is 4.90 Å². The average molecular weight is 307 g/mol. The highest BCUT2D eigenvalue weighted by molar-refractivity contribution is 6.08. The fraction of sp³-hybridized carbons (Fsp3) is 0.263. The van der Waals surface area contributed by atoms with Gasteiger partial charge < -0.3 is 4.74 Å². The Morgan fingerprint density at radius 1 is 1.00 bits per heavy atom. The third kappa shape index (κ3) is 1.75. The van der Waals surface area contributed by atoms with Crippen molar-refractivity contribution in [3.05, 3.63) is 71.8 Å². The van der Waals surface area contributed by atoms with Crippen LogP contribution >= 0.6 is 0 Å². The van der Waals surface area contributed by atoms with E-state index in [2.05, 4.69) is 0 Å². The number of carbonyl (C=O) groups is 2. The van der Waals surface area contributed by atoms with Crippen molar-refractivity contribution in [3.8, 4) is 0 Å². The summed E-state index contributed by atoms with van der Waals surface area (Å²) in [5.41, 5.74) is 0.683. The molecule has 3 unspecified atom stereocenters. The monoisotopic (exact) mass is 307 g/mol. The predicted octanol–water partition coefficient (Wildman–Crippen LogP) is 2.45. The molecule has 23 heavy (non-hydrogen) atoms. The molecule has 3 heterocycles. The van der Waals surface area contributed by atoms with Crippen molar-refractivity contribution in [1.29, 1.82) is 0 Å². The molecule has 5 rings (SSSR count). The number of piperidine rings is 1. The molecular weight excluding hydrogens is 290 g/mol. The fourth-order valence-electron chi connectivity index (χ4n) is 3.74. The number of hydrogen-bond acceptors (Lipinski definition) is 3. The summed E-state index contributed by atoms with van der Waals surface area (Å²) in [4.78, 5) is 27.0. The van der Waals surface area contributed by atoms with Gasteiger partial charge in [0.15, 0.2) is 5.60 Å². The second-order valence-electron chi connectivity index (χ2n) is 5.92. The van der Waals surface area contributed by atoms with Gasteiger partial charge in [-0.2, -0.15) is 0 Å². The second-order valence-corrected chi connectivity index (χ2v) is 5.92. The number of carbonyl (C=O) groups excluding carboxylic acids is 2. The molecule has 3 aliphatic heterocycles. The van der Waals surface area contributed by atoms with Crippen LogP contribution in [0.1, 0.15) is 24.0 Å². The number of benzene rings is 2. The fourth-order valence-corrected chi connectivity index (χ4v) is 3.74. The molecule has 2 aromatic rings. The maximum absolute atomic E-state index is 13.1. The van der Waals surface area contributed by atoms with Gasteiger partial charge >= 0.3 is 0 Å². The van der Waals surface area contributed by atoms with Gasteiger partial charge in [0.05, 0.1) is 5.92 Å². The van der Waals surface area contributed by atoms with Gasteiger partial charge in [-0.05, 0) is 18.1 Å². The maximum atomic E-state index is 13.1. The highest BCUT2D eigenvalue weighted by atomic mass is 16.6. The van der Waals surface area contributed by atoms with Crippen molar-refractivity contribution in [2.75, 3.05) is 6.54 Å². The number of amides is 2. The minimum Gasteiger partial charge on any atom is -0.346 e. The lowest BCUT2D eigenvalue weighted by Gasteiger charge is -2.58. The lowest BCUT2D eigenvalue weighted by molar-refractivity contribution is -0.256. The van der Waals surface area contributed by atoms with Crippen LogP contribution in [0.3, 0.4) is 0 Å². The van der Waals surface area contributed by atoms with Crippen molar-refractivity contribution in [2.45, 2.75) is 24.5 Å². The number of morpholine rings is 1. The Bertz CT molecular complexity index is 759. The Labute approximate surface area is 134 Å². The van der Waals surface area contributed by atoms with Crippen LogP contribution in [0, 0.1) is 0 Å². The molecule has 3 atom stereocenters. The van der Waals surface area contributed by atoms with Crippen molar-refractivity contribution < 1.29 is 14.3 Å². The average Bonchev–Trinajstić information content (AvgIpc) is 2.56. The van der Waals surface area contributed by atoms with Crippen molar-refractivity contribution in [2.24, 2.45) is 0 Å². The SMILES string of the molecule is CCN1C(=O)C2OC(c3ccccc3)(C1=O)C2c1ccccc1. The van der Waals surface area contributed by atoms with Crippen LogP contribution < -0.4 is 0 Å². The molecule has 4 nitrogen and oxygen atoms in total. The third-order valence-electron chi connectivity index (χ3n) is 4.80. The highest BCUT2D eigenvalue weighted by Gasteiger charge is 2.70. The number of imide groups is 1. The van der Waals surface area contributed by atoms with Gasteiger partial charge in [-0.3, -0.25) is 14.5 Å². The predicted molar refractivity (Wildman–Crippen MR) is 84.6 cm³/mol. The summed E-state index contributed by atoms with van der Waals surface area (Å²) in [6.07, 6.45) is -0.588. The Kier molecular flexibility index (Phi) is 3.10. The van der Waals surface area contributed by atoms with Crippen LogP contribution in [0.25, 0.3) is 0 Å². The summed E-state index contributed by atoms with van der Waals surface area (Å²) in [5.74, 6) is -0.759. The number of nitrogens with zero attached hydrogens (tertiary/aromatic N) is 1. The van der Waals surface area contributed by atoms with E-state index in [0.29, 0.717) is 6.54 Å². The van der Waals surface area contributed by atoms with E-state index < -0.39 is 11.7 Å². The normalized spacial score (nSPS) is 29.3. The molecule has 2 bridgehead atoms. The molecule has 0 aliphatic carbocycles. The zero-order chi connectivity index (χ0) is 16.0. The molecule has 3 fully saturated rings. The maximum Gasteiger partial charge on any atom is 0.266 e. The van der Waals surface area contributed by atoms with E-state index in [4.69, 9.17) is 4.74 Å². The van der Waals surface area contributed by atoms with E-state index in [-0.39, 0.29) is 17.7 Å². The highest BCUT2D eigenvalue weighted by Crippen LogP contribution is 2.57. The second kappa shape index (κ2) is 5.03. The molecule has 2 aromatic carbocycles. The molecule has 0 radical (unpaired) electrons. The molecule has 2 amide bonds. The Balaban J connectivity index is 1.89. The Morgan fingerprint density at radius 3 is 2.22 bits per heavy atom. The van der Waals surface area contributed by atoms with Gasteiger partial charge in [-0.25, -0.2) is 0 Å². The quantitative estimate of drug-likeness (QED) is 0.818. The van der Waals surface area contributed by atoms with E-state index in [9.17, 15) is 9.59 Å². The molecule has 0 N–H and O–H groups in total. The molecule has 0 spiro atoms. The van der Waals surface area contributed by atoms with Gasteiger partial charge in [-0.15, -0.1) is 0 Å². The van der Waals surface area contributed by atoms with Gasteiger partial charge in [0, 0.05) is 6.54 Å². The minimum atomic E-state index is -1.09. The number of hydrogen-bond donors (Lipinski definition) is 0. The van der Waals surface area contributed by atoms with E-state index in [1.54, 1.807) is 0 Å². The van der Waals surface area contributed by atoms with Gasteiger partial charge in [0.2, 0.25) is 0 Å². The molecule has 4 heteroatoms. The van der Waals surface area contributed by atoms with E-state index in [1.165, 1.54) is 4.90 Å². The van der Waals surface area contributed by atoms with Crippen molar-refractivity contribution >= 4 is 11.8 Å². The first-order chi connectivity index (χ1) is 11.2. The number of ether oxygens (including phenoxy) is 1. The Hall–Kier alpha value is -2.46. The zero-order valence-electron chi connectivity index (χ0n) is 12.8. The van der Waals surface area contributed by atoms with E-state index in [0.717, 1.165) is 11.1 Å². The van der Waals surface area contributed by atoms with Crippen LogP contribution in [-0.4, -0.2) is 29.4 Å². The summed E-state index contributed by atoms with van der Waals surface area (Å²) < 4.78 is 5.93. The summed E-state index contributed by atoms with van der Waals surface area (Å²) in [5, 5.41) is 0. The lowest BCUT2D eigenvalue weighted by atomic mass is 9.65. The van der Waals surface area contributed by atoms with Crippen LogP contribution in [-0.2, 0) is 19.9 Å². The van der Waals surface area contributed by atoms with Crippen LogP contribution in [0.5, 0.6) is 0 Å². The smallest absolute Gasteiger partial charge is 0.266 e. The number of likely N-dealkylation sites (N-methyl/N-ethyl adjacent to an activating group) is 1. The van der Waals surface area contributed by atoms with Gasteiger partial charge in [0.25, 0.3) is 11.8 Å². The third-order valence-corrected chi connectivity index (χ3v) is 4.80. The minimum absolute atomic E-state index is 0.232. The summed E-state index contributed by atoms with van der Waals surface area (Å²) in [6.45, 7) is 2.18. The van der Waals surface area contributed by atoms with Crippen LogP contribution in [0.4, 0.5) is 0 Å². The molecule has 3 saturated heterocycles. The van der Waals surface area contributed by atoms with Crippen LogP contribution in [0.15, 0.2) is 60.7 Å². The first-order valence-corrected chi connectivity index (χ1v) is 7.84. The van der Waals surface area contributed by atoms with E-state index >= 15 is 0 Å². The van der Waals surface area contributed by atoms with Crippen LogP contribution in [0.2, 0.25) is 0 Å². The van der Waals surface area contributed by atoms with E-state index in [1.807, 2.05) is 67.6 Å². The number of rotatable bonds is 3. The first kappa shape index (κ1) is 14.2. The summed E-state index contributed by atoms with van der Waals surface area (Å²) >= 11 is 0. The molecule has 3 aliphatic rings. The van der Waals surface area contributed by atoms with Gasteiger partial charge in [0.1, 0.15) is 6.10 Å². The van der Waals surface area contributed by atoms with Crippen molar-refractivity contribution in [3.63, 3.8) is 0 Å². The first-order valence-electron chi connectivity index (χ1n) is 7.84. The largest absolute Gasteiger partial charge is 0.346 e. The molecular formula is C19H17NO3. The standard InChI is InChI=1S/C19H17NO3/c1-2-20-17(21)16-15(13-9-5-3-6-10-13)19(23-16,18(20)22)14-11-7-4-8-12-14/h3-12,15-16H,2H2,1H3. The van der Waals surface area contributed by atoms with Gasteiger partial charge in [-0.1, -0.05) is 60.7 Å². The lowest BCUT2D eigenvalue weighted by Crippen LogP contribution is -2.74. The number of fused-ring (bicyclic) bond motifs is 2. The summed E-state index contributed by atoms with van der Waals surface area (Å²) in [7, 11) is 0. The topological polar surface area (TPSA) is 46.6 Å². The molecule has 0 aromatic heterocycles.